The Labute approximate surface area is 218 Å². The smallest absolute Gasteiger partial charge is 0.263 e. The highest BCUT2D eigenvalue weighted by molar-refractivity contribution is 7.93. The van der Waals surface area contributed by atoms with E-state index >= 15 is 0 Å². The van der Waals surface area contributed by atoms with Crippen molar-refractivity contribution >= 4 is 44.0 Å². The molecule has 2 aromatic heterocycles. The number of rotatable bonds is 6. The summed E-state index contributed by atoms with van der Waals surface area (Å²) in [4.78, 5) is 19.4. The summed E-state index contributed by atoms with van der Waals surface area (Å²) in [5, 5.41) is 6.66. The predicted molar refractivity (Wildman–Crippen MR) is 139 cm³/mol. The molecule has 1 N–H and O–H groups in total. The maximum Gasteiger partial charge on any atom is 0.263 e. The van der Waals surface area contributed by atoms with Crippen molar-refractivity contribution in [2.75, 3.05) is 17.8 Å². The molecule has 11 heteroatoms. The minimum Gasteiger partial charge on any atom is -0.360 e. The third kappa shape index (κ3) is 4.88. The fraction of sp³-hybridized carbons (Fsp3) is 0.240. The number of likely N-dealkylation sites (tertiary alicyclic amines) is 1. The fourth-order valence-corrected chi connectivity index (χ4v) is 6.42. The Bertz CT molecular complexity index is 1480. The number of carbonyl (C=O) groups excluding carboxylic acids is 1. The molecule has 5 rings (SSSR count). The molecule has 1 amide bonds. The molecule has 0 atom stereocenters. The third-order valence-electron chi connectivity index (χ3n) is 6.30. The topological polar surface area (TPSA) is 105 Å². The quantitative estimate of drug-likeness (QED) is 0.341. The molecular weight excluding hydrogens is 520 g/mol. The summed E-state index contributed by atoms with van der Waals surface area (Å²) < 4.78 is 33.0. The molecular formula is C25H23ClN4O4S2. The van der Waals surface area contributed by atoms with Crippen molar-refractivity contribution in [2.24, 2.45) is 0 Å². The maximum absolute atomic E-state index is 13.4. The lowest BCUT2D eigenvalue weighted by atomic mass is 9.89. The van der Waals surface area contributed by atoms with Crippen LogP contribution in [0.25, 0.3) is 11.3 Å². The van der Waals surface area contributed by atoms with Crippen molar-refractivity contribution < 1.29 is 17.7 Å². The first-order valence-electron chi connectivity index (χ1n) is 11.4. The van der Waals surface area contributed by atoms with Crippen LogP contribution in [-0.4, -0.2) is 42.5 Å². The molecule has 0 saturated carbocycles. The number of sulfonamides is 1. The largest absolute Gasteiger partial charge is 0.360 e. The summed E-state index contributed by atoms with van der Waals surface area (Å²) in [5.74, 6) is 0.557. The van der Waals surface area contributed by atoms with Gasteiger partial charge in [0.25, 0.3) is 15.9 Å². The minimum absolute atomic E-state index is 0.128. The van der Waals surface area contributed by atoms with Crippen LogP contribution < -0.4 is 4.72 Å². The predicted octanol–water partition coefficient (Wildman–Crippen LogP) is 5.58. The normalized spacial score (nSPS) is 14.7. The van der Waals surface area contributed by atoms with Gasteiger partial charge in [-0.15, -0.1) is 11.3 Å². The van der Waals surface area contributed by atoms with Crippen molar-refractivity contribution in [1.29, 1.82) is 0 Å². The number of amides is 1. The molecule has 8 nitrogen and oxygen atoms in total. The lowest BCUT2D eigenvalue weighted by Gasteiger charge is -2.32. The monoisotopic (exact) mass is 542 g/mol. The van der Waals surface area contributed by atoms with Gasteiger partial charge in [-0.1, -0.05) is 47.1 Å². The van der Waals surface area contributed by atoms with Crippen LogP contribution in [0.3, 0.4) is 0 Å². The average Bonchev–Trinajstić information content (AvgIpc) is 3.53. The third-order valence-corrected chi connectivity index (χ3v) is 8.81. The van der Waals surface area contributed by atoms with Crippen molar-refractivity contribution in [3.63, 3.8) is 0 Å². The number of piperidine rings is 1. The van der Waals surface area contributed by atoms with E-state index in [1.165, 1.54) is 11.3 Å². The number of aryl methyl sites for hydroxylation is 1. The summed E-state index contributed by atoms with van der Waals surface area (Å²) in [6.45, 7) is 2.87. The Morgan fingerprint density at radius 2 is 1.86 bits per heavy atom. The highest BCUT2D eigenvalue weighted by Gasteiger charge is 2.30. The Morgan fingerprint density at radius 1 is 1.14 bits per heavy atom. The number of anilines is 1. The molecule has 3 heterocycles. The Morgan fingerprint density at radius 3 is 2.53 bits per heavy atom. The zero-order chi connectivity index (χ0) is 25.3. The highest BCUT2D eigenvalue weighted by Crippen LogP contribution is 2.34. The Hall–Kier alpha value is -3.21. The van der Waals surface area contributed by atoms with Gasteiger partial charge in [0.1, 0.15) is 17.0 Å². The van der Waals surface area contributed by atoms with Gasteiger partial charge in [0.15, 0.2) is 5.13 Å². The van der Waals surface area contributed by atoms with E-state index in [1.54, 1.807) is 36.7 Å². The number of nitrogens with one attached hydrogen (secondary N) is 1. The van der Waals surface area contributed by atoms with Crippen molar-refractivity contribution in [3.8, 4) is 11.3 Å². The van der Waals surface area contributed by atoms with E-state index in [1.807, 2.05) is 35.2 Å². The Balaban J connectivity index is 1.26. The van der Waals surface area contributed by atoms with E-state index in [0.717, 1.165) is 18.4 Å². The summed E-state index contributed by atoms with van der Waals surface area (Å²) in [6, 6.07) is 14.2. The van der Waals surface area contributed by atoms with Gasteiger partial charge < -0.3 is 9.42 Å². The van der Waals surface area contributed by atoms with Crippen molar-refractivity contribution in [1.82, 2.24) is 15.0 Å². The summed E-state index contributed by atoms with van der Waals surface area (Å²) in [7, 11) is -3.69. The van der Waals surface area contributed by atoms with Crippen LogP contribution in [0.5, 0.6) is 0 Å². The molecule has 2 aromatic carbocycles. The van der Waals surface area contributed by atoms with E-state index in [0.29, 0.717) is 45.8 Å². The van der Waals surface area contributed by atoms with E-state index in [9.17, 15) is 13.2 Å². The van der Waals surface area contributed by atoms with Gasteiger partial charge >= 0.3 is 0 Å². The minimum atomic E-state index is -3.69. The molecule has 36 heavy (non-hydrogen) atoms. The summed E-state index contributed by atoms with van der Waals surface area (Å²) >= 11 is 7.56. The van der Waals surface area contributed by atoms with Crippen LogP contribution in [0.4, 0.5) is 5.13 Å². The zero-order valence-electron chi connectivity index (χ0n) is 19.3. The van der Waals surface area contributed by atoms with Gasteiger partial charge in [0.2, 0.25) is 0 Å². The van der Waals surface area contributed by atoms with Gasteiger partial charge in [-0.05, 0) is 49.4 Å². The highest BCUT2D eigenvalue weighted by atomic mass is 35.5. The molecule has 0 radical (unpaired) electrons. The number of benzene rings is 2. The standard InChI is InChI=1S/C25H23ClN4O4S2/c1-16-22(23(28-34-16)20-4-2-3-5-21(20)26)24(31)30-13-10-18(11-14-30)17-6-8-19(9-7-17)36(32,33)29-25-27-12-15-35-25/h2-9,12,15,18H,10-11,13-14H2,1H3,(H,27,29). The number of thiazole rings is 1. The van der Waals surface area contributed by atoms with Gasteiger partial charge in [0.05, 0.1) is 9.92 Å². The second kappa shape index (κ2) is 10.0. The number of carbonyl (C=O) groups is 1. The molecule has 0 unspecified atom stereocenters. The maximum atomic E-state index is 13.4. The number of hydrogen-bond acceptors (Lipinski definition) is 7. The molecule has 1 aliphatic rings. The first-order chi connectivity index (χ1) is 17.3. The first-order valence-corrected chi connectivity index (χ1v) is 14.1. The molecule has 0 bridgehead atoms. The average molecular weight is 543 g/mol. The molecule has 186 valence electrons. The van der Waals surface area contributed by atoms with Crippen LogP contribution in [0.2, 0.25) is 5.02 Å². The van der Waals surface area contributed by atoms with Gasteiger partial charge in [0, 0.05) is 30.2 Å². The van der Waals surface area contributed by atoms with Gasteiger partial charge in [-0.2, -0.15) is 0 Å². The second-order valence-electron chi connectivity index (χ2n) is 8.52. The van der Waals surface area contributed by atoms with Crippen LogP contribution in [0.15, 0.2) is 69.5 Å². The van der Waals surface area contributed by atoms with E-state index in [-0.39, 0.29) is 16.7 Å². The van der Waals surface area contributed by atoms with Crippen LogP contribution >= 0.6 is 22.9 Å². The van der Waals surface area contributed by atoms with Gasteiger partial charge in [-0.25, -0.2) is 13.4 Å². The fourth-order valence-electron chi connectivity index (χ4n) is 4.40. The van der Waals surface area contributed by atoms with Crippen LogP contribution in [0, 0.1) is 6.92 Å². The number of hydrogen-bond donors (Lipinski definition) is 1. The molecule has 1 aliphatic heterocycles. The number of nitrogens with zero attached hydrogens (tertiary/aromatic N) is 3. The van der Waals surface area contributed by atoms with Crippen molar-refractivity contribution in [2.45, 2.75) is 30.6 Å². The SMILES string of the molecule is Cc1onc(-c2ccccc2Cl)c1C(=O)N1CCC(c2ccc(S(=O)(=O)Nc3nccs3)cc2)CC1. The summed E-state index contributed by atoms with van der Waals surface area (Å²) in [6.07, 6.45) is 3.08. The molecule has 1 fully saturated rings. The van der Waals surface area contributed by atoms with Gasteiger partial charge in [-0.3, -0.25) is 9.52 Å². The van der Waals surface area contributed by atoms with Crippen molar-refractivity contribution in [3.05, 3.63) is 82.0 Å². The molecule has 0 spiro atoms. The first kappa shape index (κ1) is 24.5. The van der Waals surface area contributed by atoms with E-state index in [2.05, 4.69) is 14.9 Å². The lowest BCUT2D eigenvalue weighted by molar-refractivity contribution is 0.0712. The Kier molecular flexibility index (Phi) is 6.83. The molecule has 0 aliphatic carbocycles. The molecule has 1 saturated heterocycles. The summed E-state index contributed by atoms with van der Waals surface area (Å²) in [5.41, 5.74) is 2.60. The number of aromatic nitrogens is 2. The lowest BCUT2D eigenvalue weighted by Crippen LogP contribution is -2.38. The number of halogens is 1. The van der Waals surface area contributed by atoms with E-state index in [4.69, 9.17) is 16.1 Å². The second-order valence-corrected chi connectivity index (χ2v) is 11.5. The molecule has 4 aromatic rings. The van der Waals surface area contributed by atoms with E-state index < -0.39 is 10.0 Å². The zero-order valence-corrected chi connectivity index (χ0v) is 21.7. The van der Waals surface area contributed by atoms with Crippen LogP contribution in [-0.2, 0) is 10.0 Å². The van der Waals surface area contributed by atoms with Crippen LogP contribution in [0.1, 0.15) is 40.4 Å².